The van der Waals surface area contributed by atoms with Gasteiger partial charge in [-0.15, -0.1) is 11.3 Å². The van der Waals surface area contributed by atoms with Crippen LogP contribution in [0.15, 0.2) is 6.20 Å². The largest absolute Gasteiger partial charge is 0.330 e. The second kappa shape index (κ2) is 5.75. The van der Waals surface area contributed by atoms with Gasteiger partial charge in [0.25, 0.3) is 0 Å². The number of nitrogens with two attached hydrogens (primary N) is 1. The number of hydrogen-bond donors (Lipinski definition) is 1. The van der Waals surface area contributed by atoms with Crippen molar-refractivity contribution < 1.29 is 0 Å². The van der Waals surface area contributed by atoms with Crippen molar-refractivity contribution in [2.45, 2.75) is 32.7 Å². The molecule has 0 amide bonds. The number of likely N-dealkylation sites (tertiary alicyclic amines) is 1. The number of rotatable bonds is 4. The topological polar surface area (TPSA) is 42.2 Å². The van der Waals surface area contributed by atoms with E-state index in [4.69, 9.17) is 5.73 Å². The summed E-state index contributed by atoms with van der Waals surface area (Å²) in [4.78, 5) is 8.24. The highest BCUT2D eigenvalue weighted by Crippen LogP contribution is 2.22. The standard InChI is InChI=1S/C12H21N3S/c1-10-14-8-12(16-10)9-15-6-3-11(2-5-13)4-7-15/h8,11H,2-7,9,13H2,1H3. The zero-order valence-electron chi connectivity index (χ0n) is 9.98. The minimum Gasteiger partial charge on any atom is -0.330 e. The summed E-state index contributed by atoms with van der Waals surface area (Å²) in [6, 6.07) is 0. The molecule has 0 unspecified atom stereocenters. The number of piperidine rings is 1. The molecule has 0 aromatic carbocycles. The van der Waals surface area contributed by atoms with Gasteiger partial charge in [-0.05, 0) is 51.7 Å². The summed E-state index contributed by atoms with van der Waals surface area (Å²) in [5, 5.41) is 1.17. The van der Waals surface area contributed by atoms with Crippen molar-refractivity contribution in [3.8, 4) is 0 Å². The SMILES string of the molecule is Cc1ncc(CN2CCC(CCN)CC2)s1. The van der Waals surface area contributed by atoms with Crippen molar-refractivity contribution in [1.29, 1.82) is 0 Å². The summed E-state index contributed by atoms with van der Waals surface area (Å²) in [5.74, 6) is 0.865. The molecular weight excluding hydrogens is 218 g/mol. The Labute approximate surface area is 102 Å². The number of aryl methyl sites for hydroxylation is 1. The number of nitrogens with zero attached hydrogens (tertiary/aromatic N) is 2. The predicted octanol–water partition coefficient (Wildman–Crippen LogP) is 2.01. The van der Waals surface area contributed by atoms with E-state index in [-0.39, 0.29) is 0 Å². The van der Waals surface area contributed by atoms with E-state index in [1.54, 1.807) is 0 Å². The van der Waals surface area contributed by atoms with Gasteiger partial charge in [-0.25, -0.2) is 4.98 Å². The van der Waals surface area contributed by atoms with E-state index in [9.17, 15) is 0 Å². The van der Waals surface area contributed by atoms with Crippen molar-refractivity contribution in [2.75, 3.05) is 19.6 Å². The number of thiazole rings is 1. The molecule has 0 saturated carbocycles. The van der Waals surface area contributed by atoms with Crippen molar-refractivity contribution in [1.82, 2.24) is 9.88 Å². The quantitative estimate of drug-likeness (QED) is 0.874. The Hall–Kier alpha value is -0.450. The van der Waals surface area contributed by atoms with E-state index >= 15 is 0 Å². The maximum atomic E-state index is 5.60. The monoisotopic (exact) mass is 239 g/mol. The minimum absolute atomic E-state index is 0.846. The highest BCUT2D eigenvalue weighted by molar-refractivity contribution is 7.11. The average Bonchev–Trinajstić information content (AvgIpc) is 2.67. The van der Waals surface area contributed by atoms with E-state index in [1.165, 1.54) is 42.2 Å². The normalized spacial score (nSPS) is 19.1. The zero-order chi connectivity index (χ0) is 11.4. The lowest BCUT2D eigenvalue weighted by Gasteiger charge is -2.31. The van der Waals surface area contributed by atoms with Crippen LogP contribution in [0, 0.1) is 12.8 Å². The summed E-state index contributed by atoms with van der Waals surface area (Å²) < 4.78 is 0. The molecule has 4 heteroatoms. The lowest BCUT2D eigenvalue weighted by Crippen LogP contribution is -2.33. The summed E-state index contributed by atoms with van der Waals surface area (Å²) >= 11 is 1.82. The van der Waals surface area contributed by atoms with Gasteiger partial charge >= 0.3 is 0 Å². The molecule has 16 heavy (non-hydrogen) atoms. The molecule has 1 aromatic rings. The van der Waals surface area contributed by atoms with Gasteiger partial charge in [0.05, 0.1) is 5.01 Å². The third-order valence-electron chi connectivity index (χ3n) is 3.33. The van der Waals surface area contributed by atoms with Crippen LogP contribution in [-0.4, -0.2) is 29.5 Å². The first-order valence-electron chi connectivity index (χ1n) is 6.11. The second-order valence-corrected chi connectivity index (χ2v) is 5.96. The van der Waals surface area contributed by atoms with Crippen LogP contribution in [0.4, 0.5) is 0 Å². The highest BCUT2D eigenvalue weighted by Gasteiger charge is 2.18. The Bertz CT molecular complexity index is 316. The number of aromatic nitrogens is 1. The van der Waals surface area contributed by atoms with Gasteiger partial charge in [0.15, 0.2) is 0 Å². The molecule has 1 aromatic heterocycles. The first-order valence-corrected chi connectivity index (χ1v) is 6.93. The fraction of sp³-hybridized carbons (Fsp3) is 0.750. The molecule has 0 atom stereocenters. The molecule has 0 radical (unpaired) electrons. The molecule has 1 aliphatic heterocycles. The van der Waals surface area contributed by atoms with E-state index in [1.807, 2.05) is 17.5 Å². The Morgan fingerprint density at radius 1 is 1.50 bits per heavy atom. The first kappa shape index (κ1) is 12.0. The van der Waals surface area contributed by atoms with Gasteiger partial charge < -0.3 is 5.73 Å². The Morgan fingerprint density at radius 3 is 2.81 bits per heavy atom. The van der Waals surface area contributed by atoms with Gasteiger partial charge in [-0.2, -0.15) is 0 Å². The van der Waals surface area contributed by atoms with Crippen LogP contribution in [-0.2, 0) is 6.54 Å². The zero-order valence-corrected chi connectivity index (χ0v) is 10.8. The molecule has 3 nitrogen and oxygen atoms in total. The van der Waals surface area contributed by atoms with Crippen LogP contribution in [0.2, 0.25) is 0 Å². The Morgan fingerprint density at radius 2 is 2.25 bits per heavy atom. The van der Waals surface area contributed by atoms with Crippen LogP contribution in [0.3, 0.4) is 0 Å². The van der Waals surface area contributed by atoms with Gasteiger partial charge in [0.1, 0.15) is 0 Å². The third kappa shape index (κ3) is 3.27. The minimum atomic E-state index is 0.846. The number of hydrogen-bond acceptors (Lipinski definition) is 4. The van der Waals surface area contributed by atoms with E-state index < -0.39 is 0 Å². The lowest BCUT2D eigenvalue weighted by atomic mass is 9.94. The lowest BCUT2D eigenvalue weighted by molar-refractivity contribution is 0.175. The summed E-state index contributed by atoms with van der Waals surface area (Å²) in [6.07, 6.45) is 5.85. The third-order valence-corrected chi connectivity index (χ3v) is 4.23. The summed E-state index contributed by atoms with van der Waals surface area (Å²) in [7, 11) is 0. The van der Waals surface area contributed by atoms with Crippen molar-refractivity contribution in [2.24, 2.45) is 11.7 Å². The van der Waals surface area contributed by atoms with Crippen LogP contribution in [0.25, 0.3) is 0 Å². The fourth-order valence-electron chi connectivity index (χ4n) is 2.37. The maximum absolute atomic E-state index is 5.60. The van der Waals surface area contributed by atoms with Gasteiger partial charge in [0.2, 0.25) is 0 Å². The van der Waals surface area contributed by atoms with E-state index in [0.29, 0.717) is 0 Å². The second-order valence-electron chi connectivity index (χ2n) is 4.64. The fourth-order valence-corrected chi connectivity index (χ4v) is 3.21. The molecule has 90 valence electrons. The molecule has 2 heterocycles. The molecule has 1 saturated heterocycles. The van der Waals surface area contributed by atoms with Crippen molar-refractivity contribution in [3.63, 3.8) is 0 Å². The van der Waals surface area contributed by atoms with E-state index in [0.717, 1.165) is 19.0 Å². The van der Waals surface area contributed by atoms with Crippen LogP contribution >= 0.6 is 11.3 Å². The molecule has 1 aliphatic rings. The molecule has 2 N–H and O–H groups in total. The molecule has 1 fully saturated rings. The Balaban J connectivity index is 1.77. The first-order chi connectivity index (χ1) is 7.78. The van der Waals surface area contributed by atoms with Gasteiger partial charge in [-0.1, -0.05) is 0 Å². The van der Waals surface area contributed by atoms with Crippen LogP contribution < -0.4 is 5.73 Å². The maximum Gasteiger partial charge on any atom is 0.0897 e. The summed E-state index contributed by atoms with van der Waals surface area (Å²) in [5.41, 5.74) is 5.60. The van der Waals surface area contributed by atoms with Gasteiger partial charge in [-0.3, -0.25) is 4.90 Å². The van der Waals surface area contributed by atoms with Crippen molar-refractivity contribution >= 4 is 11.3 Å². The van der Waals surface area contributed by atoms with Crippen LogP contribution in [0.1, 0.15) is 29.1 Å². The Kier molecular flexibility index (Phi) is 4.32. The molecule has 0 aliphatic carbocycles. The average molecular weight is 239 g/mol. The van der Waals surface area contributed by atoms with Crippen molar-refractivity contribution in [3.05, 3.63) is 16.1 Å². The molecule has 0 spiro atoms. The smallest absolute Gasteiger partial charge is 0.0897 e. The molecule has 0 bridgehead atoms. The van der Waals surface area contributed by atoms with E-state index in [2.05, 4.69) is 16.8 Å². The van der Waals surface area contributed by atoms with Gasteiger partial charge in [0, 0.05) is 17.6 Å². The molecule has 2 rings (SSSR count). The molecular formula is C12H21N3S. The predicted molar refractivity (Wildman–Crippen MR) is 68.5 cm³/mol. The van der Waals surface area contributed by atoms with Crippen LogP contribution in [0.5, 0.6) is 0 Å². The highest BCUT2D eigenvalue weighted by atomic mass is 32.1. The summed E-state index contributed by atoms with van der Waals surface area (Å²) in [6.45, 7) is 6.45.